The largest absolute Gasteiger partial charge is 0.379 e. The molecular weight excluding hydrogens is 447 g/mol. The summed E-state index contributed by atoms with van der Waals surface area (Å²) in [4.78, 5) is 30.7. The third kappa shape index (κ3) is 7.85. The second-order valence-corrected chi connectivity index (χ2v) is 9.40. The van der Waals surface area contributed by atoms with Crippen LogP contribution in [0.2, 0.25) is 0 Å². The lowest BCUT2D eigenvalue weighted by atomic mass is 9.87. The average molecular weight is 483 g/mol. The van der Waals surface area contributed by atoms with Crippen molar-refractivity contribution in [1.29, 1.82) is 0 Å². The lowest BCUT2D eigenvalue weighted by Gasteiger charge is -2.36. The quantitative estimate of drug-likeness (QED) is 0.538. The minimum absolute atomic E-state index is 0.00400. The molecule has 2 aliphatic heterocycles. The molecule has 0 radical (unpaired) electrons. The van der Waals surface area contributed by atoms with E-state index in [9.17, 15) is 14.0 Å². The fourth-order valence-electron chi connectivity index (χ4n) is 4.80. The maximum atomic E-state index is 13.2. The van der Waals surface area contributed by atoms with Gasteiger partial charge in [-0.1, -0.05) is 30.3 Å². The number of ether oxygens (including phenoxy) is 1. The van der Waals surface area contributed by atoms with Gasteiger partial charge in [0.2, 0.25) is 11.8 Å². The molecule has 4 rings (SSSR count). The van der Waals surface area contributed by atoms with E-state index in [2.05, 4.69) is 32.6 Å². The molecule has 2 atom stereocenters. The Labute approximate surface area is 206 Å². The number of benzene rings is 2. The van der Waals surface area contributed by atoms with Gasteiger partial charge in [-0.3, -0.25) is 19.4 Å². The van der Waals surface area contributed by atoms with Crippen molar-refractivity contribution in [2.24, 2.45) is 11.8 Å². The van der Waals surface area contributed by atoms with Gasteiger partial charge >= 0.3 is 0 Å². The molecule has 0 aliphatic carbocycles. The van der Waals surface area contributed by atoms with E-state index in [1.807, 2.05) is 18.2 Å². The number of rotatable bonds is 9. The molecule has 35 heavy (non-hydrogen) atoms. The zero-order chi connectivity index (χ0) is 24.5. The van der Waals surface area contributed by atoms with Crippen molar-refractivity contribution < 1.29 is 18.7 Å². The molecule has 0 spiro atoms. The van der Waals surface area contributed by atoms with Crippen LogP contribution >= 0.6 is 0 Å². The van der Waals surface area contributed by atoms with Gasteiger partial charge in [0.25, 0.3) is 0 Å². The van der Waals surface area contributed by atoms with E-state index in [4.69, 9.17) is 4.74 Å². The van der Waals surface area contributed by atoms with Crippen LogP contribution < -0.4 is 10.6 Å². The first-order valence-electron chi connectivity index (χ1n) is 12.5. The minimum Gasteiger partial charge on any atom is -0.379 e. The number of anilines is 1. The second-order valence-electron chi connectivity index (χ2n) is 9.40. The molecule has 188 valence electrons. The molecule has 0 saturated carbocycles. The molecule has 8 heteroatoms. The van der Waals surface area contributed by atoms with Gasteiger partial charge in [0.1, 0.15) is 5.82 Å². The number of carbonyl (C=O) groups excluding carboxylic acids is 2. The Morgan fingerprint density at radius 1 is 0.914 bits per heavy atom. The molecular formula is C27H35FN4O3. The molecule has 2 N–H and O–H groups in total. The van der Waals surface area contributed by atoms with E-state index in [0.29, 0.717) is 38.3 Å². The van der Waals surface area contributed by atoms with Crippen molar-refractivity contribution in [1.82, 2.24) is 15.1 Å². The van der Waals surface area contributed by atoms with Crippen LogP contribution in [-0.4, -0.2) is 74.1 Å². The molecule has 7 nitrogen and oxygen atoms in total. The summed E-state index contributed by atoms with van der Waals surface area (Å²) in [5.41, 5.74) is 1.71. The van der Waals surface area contributed by atoms with Crippen LogP contribution in [0.4, 0.5) is 10.1 Å². The van der Waals surface area contributed by atoms with Gasteiger partial charge in [-0.25, -0.2) is 4.39 Å². The minimum atomic E-state index is -0.347. The first-order valence-corrected chi connectivity index (χ1v) is 12.5. The summed E-state index contributed by atoms with van der Waals surface area (Å²) in [5.74, 6) is -1.08. The number of nitrogens with zero attached hydrogens (tertiary/aromatic N) is 2. The van der Waals surface area contributed by atoms with Gasteiger partial charge in [0.15, 0.2) is 0 Å². The summed E-state index contributed by atoms with van der Waals surface area (Å²) < 4.78 is 18.6. The van der Waals surface area contributed by atoms with Gasteiger partial charge < -0.3 is 15.4 Å². The number of hydrogen-bond acceptors (Lipinski definition) is 5. The summed E-state index contributed by atoms with van der Waals surface area (Å²) in [7, 11) is 0. The summed E-state index contributed by atoms with van der Waals surface area (Å²) in [6, 6.07) is 15.8. The van der Waals surface area contributed by atoms with Crippen molar-refractivity contribution >= 4 is 17.5 Å². The highest BCUT2D eigenvalue weighted by molar-refractivity contribution is 5.93. The molecule has 2 aromatic carbocycles. The number of hydrogen-bond donors (Lipinski definition) is 2. The number of likely N-dealkylation sites (tertiary alicyclic amines) is 1. The molecule has 2 heterocycles. The third-order valence-corrected chi connectivity index (χ3v) is 6.68. The topological polar surface area (TPSA) is 73.9 Å². The van der Waals surface area contributed by atoms with E-state index in [-0.39, 0.29) is 29.5 Å². The lowest BCUT2D eigenvalue weighted by molar-refractivity contribution is -0.130. The van der Waals surface area contributed by atoms with Gasteiger partial charge in [0.05, 0.1) is 25.0 Å². The standard InChI is InChI=1S/C27H35FN4O3/c28-24-7-9-25(10-8-24)30-27(34)23-17-22(19-32(20-23)18-21-5-2-1-3-6-21)26(33)29-11-4-12-31-13-15-35-16-14-31/h1-3,5-10,22-23H,4,11-20H2,(H,29,33)(H,30,34)/t22-,23+/m0/s1. The van der Waals surface area contributed by atoms with E-state index in [0.717, 1.165) is 44.8 Å². The Balaban J connectivity index is 1.34. The molecule has 0 bridgehead atoms. The summed E-state index contributed by atoms with van der Waals surface area (Å²) in [5, 5.41) is 5.99. The molecule has 0 aromatic heterocycles. The van der Waals surface area contributed by atoms with Crippen molar-refractivity contribution in [3.63, 3.8) is 0 Å². The fraction of sp³-hybridized carbons (Fsp3) is 0.481. The van der Waals surface area contributed by atoms with Gasteiger partial charge in [-0.2, -0.15) is 0 Å². The molecule has 2 aromatic rings. The predicted molar refractivity (Wildman–Crippen MR) is 133 cm³/mol. The Kier molecular flexibility index (Phi) is 9.22. The third-order valence-electron chi connectivity index (χ3n) is 6.68. The van der Waals surface area contributed by atoms with Gasteiger partial charge in [0, 0.05) is 45.0 Å². The number of halogens is 1. The van der Waals surface area contributed by atoms with Gasteiger partial charge in [-0.15, -0.1) is 0 Å². The number of morpholine rings is 1. The molecule has 2 aliphatic rings. The Bertz CT molecular complexity index is 951. The zero-order valence-corrected chi connectivity index (χ0v) is 20.1. The lowest BCUT2D eigenvalue weighted by Crippen LogP contribution is -2.49. The van der Waals surface area contributed by atoms with Crippen LogP contribution in [0.25, 0.3) is 0 Å². The zero-order valence-electron chi connectivity index (χ0n) is 20.1. The Morgan fingerprint density at radius 2 is 1.60 bits per heavy atom. The monoisotopic (exact) mass is 482 g/mol. The van der Waals surface area contributed by atoms with Crippen molar-refractivity contribution in [3.8, 4) is 0 Å². The predicted octanol–water partition coefficient (Wildman–Crippen LogP) is 2.74. The maximum absolute atomic E-state index is 13.2. The van der Waals surface area contributed by atoms with Crippen LogP contribution in [0, 0.1) is 17.7 Å². The average Bonchev–Trinajstić information content (AvgIpc) is 2.89. The summed E-state index contributed by atoms with van der Waals surface area (Å²) in [6.07, 6.45) is 1.38. The number of carbonyl (C=O) groups is 2. The van der Waals surface area contributed by atoms with E-state index in [1.165, 1.54) is 12.1 Å². The van der Waals surface area contributed by atoms with E-state index >= 15 is 0 Å². The summed E-state index contributed by atoms with van der Waals surface area (Å²) >= 11 is 0. The normalized spacial score (nSPS) is 21.4. The molecule has 0 unspecified atom stereocenters. The highest BCUT2D eigenvalue weighted by Gasteiger charge is 2.35. The number of nitrogens with one attached hydrogen (secondary N) is 2. The van der Waals surface area contributed by atoms with Crippen LogP contribution in [0.3, 0.4) is 0 Å². The molecule has 2 saturated heterocycles. The first-order chi connectivity index (χ1) is 17.1. The van der Waals surface area contributed by atoms with Crippen LogP contribution in [0.1, 0.15) is 18.4 Å². The number of amides is 2. The SMILES string of the molecule is O=C(NCCCN1CCOCC1)[C@H]1C[C@@H](C(=O)Nc2ccc(F)cc2)CN(Cc2ccccc2)C1. The highest BCUT2D eigenvalue weighted by atomic mass is 19.1. The smallest absolute Gasteiger partial charge is 0.228 e. The van der Waals surface area contributed by atoms with Crippen molar-refractivity contribution in [2.75, 3.05) is 57.8 Å². The Hall–Kier alpha value is -2.81. The first kappa shape index (κ1) is 25.3. The van der Waals surface area contributed by atoms with Crippen molar-refractivity contribution in [2.45, 2.75) is 19.4 Å². The second kappa shape index (κ2) is 12.8. The highest BCUT2D eigenvalue weighted by Crippen LogP contribution is 2.25. The van der Waals surface area contributed by atoms with Crippen molar-refractivity contribution in [3.05, 3.63) is 66.0 Å². The molecule has 2 amide bonds. The fourth-order valence-corrected chi connectivity index (χ4v) is 4.80. The Morgan fingerprint density at radius 3 is 2.31 bits per heavy atom. The van der Waals surface area contributed by atoms with Gasteiger partial charge in [-0.05, 0) is 49.2 Å². The van der Waals surface area contributed by atoms with E-state index < -0.39 is 0 Å². The van der Waals surface area contributed by atoms with Crippen LogP contribution in [-0.2, 0) is 20.9 Å². The maximum Gasteiger partial charge on any atom is 0.228 e. The van der Waals surface area contributed by atoms with Crippen LogP contribution in [0.15, 0.2) is 54.6 Å². The molecule has 2 fully saturated rings. The van der Waals surface area contributed by atoms with Crippen LogP contribution in [0.5, 0.6) is 0 Å². The number of piperidine rings is 1. The summed E-state index contributed by atoms with van der Waals surface area (Å²) in [6.45, 7) is 6.86. The van der Waals surface area contributed by atoms with E-state index in [1.54, 1.807) is 12.1 Å².